The summed E-state index contributed by atoms with van der Waals surface area (Å²) < 4.78 is 0. The Kier molecular flexibility index (Phi) is 7.46. The number of thioether (sulfide) groups is 1. The van der Waals surface area contributed by atoms with E-state index in [1.54, 1.807) is 19.3 Å². The number of fused-ring (bicyclic) bond motifs is 1. The van der Waals surface area contributed by atoms with Crippen molar-refractivity contribution in [3.05, 3.63) is 12.2 Å². The standard InChI is InChI=1S/C24H41NS/c1-3-11-21(18-25-16-7-2-8-17-25)24(15-4-1)26-19-22-13-9-12-20-10-5-6-14-23(20)22/h1,4,20-24H,2-3,5-19H2. The van der Waals surface area contributed by atoms with Crippen molar-refractivity contribution in [2.75, 3.05) is 25.4 Å². The zero-order valence-corrected chi connectivity index (χ0v) is 17.7. The Hall–Kier alpha value is 0.0500. The van der Waals surface area contributed by atoms with Gasteiger partial charge in [0.2, 0.25) is 0 Å². The number of piperidine rings is 1. The Morgan fingerprint density at radius 2 is 1.62 bits per heavy atom. The second-order valence-electron chi connectivity index (χ2n) is 9.68. The van der Waals surface area contributed by atoms with Gasteiger partial charge < -0.3 is 4.90 Å². The molecule has 0 aromatic rings. The van der Waals surface area contributed by atoms with Crippen LogP contribution >= 0.6 is 11.8 Å². The number of likely N-dealkylation sites (tertiary alicyclic amines) is 1. The van der Waals surface area contributed by atoms with Gasteiger partial charge in [-0.2, -0.15) is 11.8 Å². The average molecular weight is 376 g/mol. The zero-order chi connectivity index (χ0) is 17.6. The first-order chi connectivity index (χ1) is 12.9. The minimum atomic E-state index is 0.889. The maximum Gasteiger partial charge on any atom is 0.0122 e. The summed E-state index contributed by atoms with van der Waals surface area (Å²) in [5, 5.41) is 0.889. The normalized spacial score (nSPS) is 39.3. The minimum Gasteiger partial charge on any atom is -0.303 e. The van der Waals surface area contributed by atoms with E-state index in [1.807, 2.05) is 0 Å². The Balaban J connectivity index is 1.32. The van der Waals surface area contributed by atoms with Crippen molar-refractivity contribution >= 4 is 11.8 Å². The molecule has 1 saturated heterocycles. The van der Waals surface area contributed by atoms with E-state index < -0.39 is 0 Å². The number of nitrogens with zero attached hydrogens (tertiary/aromatic N) is 1. The van der Waals surface area contributed by atoms with Gasteiger partial charge in [-0.05, 0) is 87.5 Å². The zero-order valence-electron chi connectivity index (χ0n) is 16.9. The third-order valence-corrected chi connectivity index (χ3v) is 9.58. The molecular formula is C24H41NS. The minimum absolute atomic E-state index is 0.889. The molecule has 148 valence electrons. The van der Waals surface area contributed by atoms with Crippen LogP contribution in [0.5, 0.6) is 0 Å². The second kappa shape index (κ2) is 10.0. The number of rotatable bonds is 5. The van der Waals surface area contributed by atoms with Crippen molar-refractivity contribution in [2.24, 2.45) is 23.7 Å². The van der Waals surface area contributed by atoms with Gasteiger partial charge in [0.15, 0.2) is 0 Å². The van der Waals surface area contributed by atoms with Crippen LogP contribution in [0.1, 0.15) is 83.5 Å². The molecule has 3 fully saturated rings. The summed E-state index contributed by atoms with van der Waals surface area (Å²) in [7, 11) is 0. The predicted octanol–water partition coefficient (Wildman–Crippen LogP) is 6.54. The highest BCUT2D eigenvalue weighted by Crippen LogP contribution is 2.46. The van der Waals surface area contributed by atoms with Crippen LogP contribution < -0.4 is 0 Å². The Labute approximate surface area is 166 Å². The molecule has 2 saturated carbocycles. The molecule has 3 aliphatic carbocycles. The molecule has 0 amide bonds. The van der Waals surface area contributed by atoms with E-state index in [1.165, 1.54) is 89.6 Å². The molecule has 1 heterocycles. The van der Waals surface area contributed by atoms with Crippen molar-refractivity contribution in [3.8, 4) is 0 Å². The van der Waals surface area contributed by atoms with E-state index in [-0.39, 0.29) is 0 Å². The molecule has 0 radical (unpaired) electrons. The molecule has 0 N–H and O–H groups in total. The third kappa shape index (κ3) is 5.10. The van der Waals surface area contributed by atoms with Crippen LogP contribution in [-0.2, 0) is 0 Å². The van der Waals surface area contributed by atoms with Gasteiger partial charge in [-0.15, -0.1) is 0 Å². The fourth-order valence-electron chi connectivity index (χ4n) is 6.45. The van der Waals surface area contributed by atoms with Crippen LogP contribution in [0.2, 0.25) is 0 Å². The largest absolute Gasteiger partial charge is 0.303 e. The summed E-state index contributed by atoms with van der Waals surface area (Å²) in [5.74, 6) is 5.63. The van der Waals surface area contributed by atoms with Gasteiger partial charge in [0.05, 0.1) is 0 Å². The van der Waals surface area contributed by atoms with Crippen molar-refractivity contribution < 1.29 is 0 Å². The van der Waals surface area contributed by atoms with Crippen LogP contribution in [-0.4, -0.2) is 35.5 Å². The Bertz CT molecular complexity index is 439. The molecule has 5 atom stereocenters. The van der Waals surface area contributed by atoms with Crippen LogP contribution in [0, 0.1) is 23.7 Å². The highest BCUT2D eigenvalue weighted by molar-refractivity contribution is 7.99. The summed E-state index contributed by atoms with van der Waals surface area (Å²) >= 11 is 2.39. The SMILES string of the molecule is C1=CCC(SCC2CCCC3CCCCC32)C(CN2CCCCC2)CC1. The second-order valence-corrected chi connectivity index (χ2v) is 10.9. The van der Waals surface area contributed by atoms with Crippen molar-refractivity contribution in [3.63, 3.8) is 0 Å². The molecule has 26 heavy (non-hydrogen) atoms. The molecule has 0 aromatic carbocycles. The van der Waals surface area contributed by atoms with E-state index in [0.717, 1.165) is 28.9 Å². The maximum atomic E-state index is 2.80. The van der Waals surface area contributed by atoms with Gasteiger partial charge in [-0.25, -0.2) is 0 Å². The number of hydrogen-bond donors (Lipinski definition) is 0. The molecule has 4 aliphatic rings. The van der Waals surface area contributed by atoms with E-state index in [0.29, 0.717) is 0 Å². The molecule has 1 nitrogen and oxygen atoms in total. The summed E-state index contributed by atoms with van der Waals surface area (Å²) in [4.78, 5) is 2.80. The van der Waals surface area contributed by atoms with Gasteiger partial charge in [-0.3, -0.25) is 0 Å². The van der Waals surface area contributed by atoms with Crippen molar-refractivity contribution in [2.45, 2.75) is 88.7 Å². The molecule has 2 heteroatoms. The molecule has 1 aliphatic heterocycles. The van der Waals surface area contributed by atoms with E-state index in [9.17, 15) is 0 Å². The highest BCUT2D eigenvalue weighted by atomic mass is 32.2. The van der Waals surface area contributed by atoms with Gasteiger partial charge >= 0.3 is 0 Å². The number of allylic oxidation sites excluding steroid dienone is 2. The van der Waals surface area contributed by atoms with E-state index in [2.05, 4.69) is 28.8 Å². The van der Waals surface area contributed by atoms with E-state index >= 15 is 0 Å². The lowest BCUT2D eigenvalue weighted by Crippen LogP contribution is -2.38. The van der Waals surface area contributed by atoms with Crippen LogP contribution in [0.4, 0.5) is 0 Å². The highest BCUT2D eigenvalue weighted by Gasteiger charge is 2.35. The molecule has 0 bridgehead atoms. The molecule has 0 spiro atoms. The Morgan fingerprint density at radius 3 is 2.54 bits per heavy atom. The summed E-state index contributed by atoms with van der Waals surface area (Å²) in [5.41, 5.74) is 0. The fourth-order valence-corrected chi connectivity index (χ4v) is 8.10. The molecular weight excluding hydrogens is 334 g/mol. The average Bonchev–Trinajstić information content (AvgIpc) is 2.92. The van der Waals surface area contributed by atoms with Crippen LogP contribution in [0.3, 0.4) is 0 Å². The smallest absolute Gasteiger partial charge is 0.0122 e. The quantitative estimate of drug-likeness (QED) is 0.502. The predicted molar refractivity (Wildman–Crippen MR) is 116 cm³/mol. The molecule has 5 unspecified atom stereocenters. The third-order valence-electron chi connectivity index (χ3n) is 7.95. The van der Waals surface area contributed by atoms with Gasteiger partial charge in [0, 0.05) is 11.8 Å². The van der Waals surface area contributed by atoms with Crippen LogP contribution in [0.25, 0.3) is 0 Å². The monoisotopic (exact) mass is 375 g/mol. The van der Waals surface area contributed by atoms with Gasteiger partial charge in [0.1, 0.15) is 0 Å². The first-order valence-corrected chi connectivity index (χ1v) is 12.9. The lowest BCUT2D eigenvalue weighted by molar-refractivity contribution is 0.117. The lowest BCUT2D eigenvalue weighted by Gasteiger charge is -2.42. The summed E-state index contributed by atoms with van der Waals surface area (Å²) in [6.45, 7) is 4.12. The number of hydrogen-bond acceptors (Lipinski definition) is 2. The first-order valence-electron chi connectivity index (χ1n) is 11.9. The topological polar surface area (TPSA) is 3.24 Å². The van der Waals surface area contributed by atoms with Crippen LogP contribution in [0.15, 0.2) is 12.2 Å². The Morgan fingerprint density at radius 1 is 0.769 bits per heavy atom. The summed E-state index contributed by atoms with van der Waals surface area (Å²) in [6, 6.07) is 0. The fraction of sp³-hybridized carbons (Fsp3) is 0.917. The van der Waals surface area contributed by atoms with Crippen molar-refractivity contribution in [1.29, 1.82) is 0 Å². The van der Waals surface area contributed by atoms with E-state index in [4.69, 9.17) is 0 Å². The summed E-state index contributed by atoms with van der Waals surface area (Å²) in [6.07, 6.45) is 24.2. The maximum absolute atomic E-state index is 2.80. The van der Waals surface area contributed by atoms with Crippen molar-refractivity contribution in [1.82, 2.24) is 4.90 Å². The van der Waals surface area contributed by atoms with Gasteiger partial charge in [-0.1, -0.05) is 50.7 Å². The molecule has 0 aromatic heterocycles. The van der Waals surface area contributed by atoms with Gasteiger partial charge in [0.25, 0.3) is 0 Å². The first kappa shape index (κ1) is 19.4. The molecule has 4 rings (SSSR count). The lowest BCUT2D eigenvalue weighted by atomic mass is 9.66.